The molecule has 6 rings (SSSR count). The maximum atomic E-state index is 13.6. The second-order valence-electron chi connectivity index (χ2n) is 14.0. The van der Waals surface area contributed by atoms with Crippen molar-refractivity contribution in [2.45, 2.75) is 95.7 Å². The number of para-hydroxylation sites is 2. The van der Waals surface area contributed by atoms with Gasteiger partial charge >= 0.3 is 18.0 Å². The van der Waals surface area contributed by atoms with Crippen molar-refractivity contribution in [2.75, 3.05) is 5.75 Å². The molecule has 3 fully saturated rings. The number of esters is 2. The van der Waals surface area contributed by atoms with Gasteiger partial charge in [0.15, 0.2) is 17.6 Å². The van der Waals surface area contributed by atoms with Gasteiger partial charge in [-0.1, -0.05) is 50.9 Å². The van der Waals surface area contributed by atoms with E-state index in [2.05, 4.69) is 41.4 Å². The van der Waals surface area contributed by atoms with Gasteiger partial charge in [0.05, 0.1) is 30.4 Å². The smallest absolute Gasteiger partial charge is 0.348 e. The Morgan fingerprint density at radius 1 is 1.14 bits per heavy atom. The standard InChI is InChI=1S/C36H45N7O5S/c1-21(2)24-15-13-22(3)17-30(24)48-33(45)19-43-28-10-6-5-9-27(28)42(4)35(43)23-14-16-29(25(18-23)40-41-37)47-32(44)12-8-7-11-31-34-26(20-49-31)38-36(46)39-34/h5-6,9-10,14,16,18,21-22,24,26,30-31,34H,7-8,11-13,15,17,19-20H2,1-4H3,(H-,38,39,46)/p+1/t22-,24+,26-,30-,31-,34-/m1/s1. The largest absolute Gasteiger partial charge is 0.459 e. The number of nitrogens with one attached hydrogen (secondary N) is 2. The van der Waals surface area contributed by atoms with Crippen LogP contribution >= 0.6 is 11.8 Å². The average molecular weight is 689 g/mol. The number of carbonyl (C=O) groups excluding carboxylic acids is 3. The quantitative estimate of drug-likeness (QED) is 0.0316. The molecule has 3 heterocycles. The number of carbonyl (C=O) groups is 3. The molecular weight excluding hydrogens is 643 g/mol. The highest BCUT2D eigenvalue weighted by molar-refractivity contribution is 8.00. The Kier molecular flexibility index (Phi) is 10.7. The Labute approximate surface area is 290 Å². The molecule has 0 spiro atoms. The van der Waals surface area contributed by atoms with Gasteiger partial charge in [-0.3, -0.25) is 4.79 Å². The number of fused-ring (bicyclic) bond motifs is 2. The summed E-state index contributed by atoms with van der Waals surface area (Å²) in [5.41, 5.74) is 12.1. The minimum atomic E-state index is -0.408. The molecule has 2 N–H and O–H groups in total. The summed E-state index contributed by atoms with van der Waals surface area (Å²) in [7, 11) is 1.93. The van der Waals surface area contributed by atoms with Crippen molar-refractivity contribution in [3.63, 3.8) is 0 Å². The number of unbranched alkanes of at least 4 members (excludes halogenated alkanes) is 1. The lowest BCUT2D eigenvalue weighted by Gasteiger charge is -2.36. The van der Waals surface area contributed by atoms with Crippen molar-refractivity contribution in [1.82, 2.24) is 15.2 Å². The summed E-state index contributed by atoms with van der Waals surface area (Å²) >= 11 is 1.85. The lowest BCUT2D eigenvalue weighted by molar-refractivity contribution is -0.634. The fraction of sp³-hybridized carbons (Fsp3) is 0.556. The van der Waals surface area contributed by atoms with Gasteiger partial charge in [0.1, 0.15) is 11.9 Å². The zero-order valence-corrected chi connectivity index (χ0v) is 29.4. The third-order valence-corrected chi connectivity index (χ3v) is 11.8. The maximum Gasteiger partial charge on any atom is 0.348 e. The first-order chi connectivity index (χ1) is 23.6. The lowest BCUT2D eigenvalue weighted by Crippen LogP contribution is -2.37. The Bertz CT molecular complexity index is 1770. The summed E-state index contributed by atoms with van der Waals surface area (Å²) in [6, 6.07) is 13.2. The van der Waals surface area contributed by atoms with Gasteiger partial charge in [-0.2, -0.15) is 11.8 Å². The highest BCUT2D eigenvalue weighted by atomic mass is 32.2. The molecule has 12 nitrogen and oxygen atoms in total. The fourth-order valence-corrected chi connectivity index (χ4v) is 9.32. The zero-order chi connectivity index (χ0) is 34.7. The second-order valence-corrected chi connectivity index (χ2v) is 15.3. The molecule has 6 atom stereocenters. The van der Waals surface area contributed by atoms with Crippen molar-refractivity contribution in [2.24, 2.45) is 29.9 Å². The van der Waals surface area contributed by atoms with E-state index in [9.17, 15) is 19.9 Å². The van der Waals surface area contributed by atoms with Crippen LogP contribution in [0.5, 0.6) is 5.75 Å². The van der Waals surface area contributed by atoms with Crippen LogP contribution < -0.4 is 19.9 Å². The van der Waals surface area contributed by atoms with E-state index in [0.29, 0.717) is 35.0 Å². The van der Waals surface area contributed by atoms with Crippen LogP contribution in [-0.2, 0) is 27.9 Å². The molecule has 1 saturated carbocycles. The molecule has 260 valence electrons. The minimum absolute atomic E-state index is 0.0175. The molecule has 1 aliphatic carbocycles. The maximum absolute atomic E-state index is 13.6. The predicted octanol–water partition coefficient (Wildman–Crippen LogP) is 6.71. The third kappa shape index (κ3) is 7.68. The highest BCUT2D eigenvalue weighted by Gasteiger charge is 2.42. The number of imidazole rings is 1. The van der Waals surface area contributed by atoms with E-state index in [4.69, 9.17) is 9.47 Å². The van der Waals surface area contributed by atoms with Crippen LogP contribution in [-0.4, -0.2) is 51.7 Å². The Morgan fingerprint density at radius 3 is 2.76 bits per heavy atom. The molecule has 2 amide bonds. The molecule has 2 aromatic carbocycles. The number of urea groups is 1. The number of benzene rings is 2. The number of ether oxygens (including phenoxy) is 2. The van der Waals surface area contributed by atoms with Crippen molar-refractivity contribution >= 4 is 46.5 Å². The Balaban J connectivity index is 1.16. The minimum Gasteiger partial charge on any atom is -0.459 e. The van der Waals surface area contributed by atoms with E-state index >= 15 is 0 Å². The molecule has 1 aromatic heterocycles. The van der Waals surface area contributed by atoms with Gasteiger partial charge in [-0.05, 0) is 79.3 Å². The number of aryl methyl sites for hydroxylation is 1. The highest BCUT2D eigenvalue weighted by Crippen LogP contribution is 2.37. The molecular formula is C36H46N7O5S+. The van der Waals surface area contributed by atoms with E-state index in [1.54, 1.807) is 12.1 Å². The van der Waals surface area contributed by atoms with Gasteiger partial charge < -0.3 is 20.1 Å². The summed E-state index contributed by atoms with van der Waals surface area (Å²) in [5.74, 6) is 2.39. The van der Waals surface area contributed by atoms with Crippen molar-refractivity contribution in [3.8, 4) is 17.1 Å². The molecule has 0 bridgehead atoms. The SMILES string of the molecule is CC(C)[C@@H]1CC[C@@H](C)C[C@H]1OC(=O)Cn1c(-c2ccc(OC(=O)CCCC[C@H]3SC[C@H]4NC(=O)N[C@H]43)c(N=[N+]=[N-])c2)[n+](C)c2ccccc21. The number of hydrogen-bond acceptors (Lipinski definition) is 7. The molecule has 13 heteroatoms. The van der Waals surface area contributed by atoms with E-state index in [-0.39, 0.29) is 54.6 Å². The zero-order valence-electron chi connectivity index (χ0n) is 28.6. The number of nitrogens with zero attached hydrogens (tertiary/aromatic N) is 5. The number of amides is 2. The molecule has 0 radical (unpaired) electrons. The molecule has 2 aliphatic heterocycles. The second kappa shape index (κ2) is 15.1. The summed E-state index contributed by atoms with van der Waals surface area (Å²) in [6.07, 6.45) is 5.56. The van der Waals surface area contributed by atoms with Crippen LogP contribution in [0.2, 0.25) is 0 Å². The van der Waals surface area contributed by atoms with Gasteiger partial charge in [0.25, 0.3) is 5.82 Å². The van der Waals surface area contributed by atoms with Gasteiger partial charge in [0.2, 0.25) is 0 Å². The first kappa shape index (κ1) is 34.6. The summed E-state index contributed by atoms with van der Waals surface area (Å²) in [4.78, 5) is 41.1. The van der Waals surface area contributed by atoms with Crippen LogP contribution in [0.15, 0.2) is 47.6 Å². The average Bonchev–Trinajstić information content (AvgIpc) is 3.71. The number of hydrogen-bond donors (Lipinski definition) is 2. The van der Waals surface area contributed by atoms with Gasteiger partial charge in [-0.15, -0.1) is 0 Å². The third-order valence-electron chi connectivity index (χ3n) is 10.3. The van der Waals surface area contributed by atoms with E-state index in [1.165, 1.54) is 0 Å². The predicted molar refractivity (Wildman–Crippen MR) is 188 cm³/mol. The van der Waals surface area contributed by atoms with E-state index < -0.39 is 5.97 Å². The lowest BCUT2D eigenvalue weighted by atomic mass is 9.75. The number of aromatic nitrogens is 2. The first-order valence-corrected chi connectivity index (χ1v) is 18.4. The summed E-state index contributed by atoms with van der Waals surface area (Å²) in [6.45, 7) is 6.63. The normalized spacial score (nSPS) is 24.6. The van der Waals surface area contributed by atoms with Gasteiger partial charge in [0, 0.05) is 22.3 Å². The van der Waals surface area contributed by atoms with Crippen LogP contribution in [0.1, 0.15) is 65.7 Å². The summed E-state index contributed by atoms with van der Waals surface area (Å²) < 4.78 is 15.8. The topological polar surface area (TPSA) is 151 Å². The number of thioether (sulfide) groups is 1. The fourth-order valence-electron chi connectivity index (χ4n) is 7.78. The van der Waals surface area contributed by atoms with Crippen molar-refractivity contribution in [1.29, 1.82) is 0 Å². The molecule has 2 saturated heterocycles. The summed E-state index contributed by atoms with van der Waals surface area (Å²) in [5, 5.41) is 10.1. The molecule has 3 aromatic rings. The molecule has 3 aliphatic rings. The van der Waals surface area contributed by atoms with Crippen LogP contribution in [0, 0.1) is 17.8 Å². The number of azide groups is 1. The number of rotatable bonds is 12. The Hall–Kier alpha value is -4.22. The van der Waals surface area contributed by atoms with Crippen molar-refractivity contribution in [3.05, 3.63) is 52.9 Å². The van der Waals surface area contributed by atoms with Crippen LogP contribution in [0.4, 0.5) is 10.5 Å². The van der Waals surface area contributed by atoms with Crippen molar-refractivity contribution < 1.29 is 28.4 Å². The van der Waals surface area contributed by atoms with E-state index in [1.807, 2.05) is 58.3 Å². The monoisotopic (exact) mass is 688 g/mol. The molecule has 0 unspecified atom stereocenters. The first-order valence-electron chi connectivity index (χ1n) is 17.4. The van der Waals surface area contributed by atoms with Gasteiger partial charge in [-0.25, -0.2) is 18.7 Å². The molecule has 49 heavy (non-hydrogen) atoms. The van der Waals surface area contributed by atoms with E-state index in [0.717, 1.165) is 54.7 Å². The Morgan fingerprint density at radius 2 is 1.96 bits per heavy atom. The van der Waals surface area contributed by atoms with Crippen LogP contribution in [0.25, 0.3) is 32.9 Å². The van der Waals surface area contributed by atoms with Crippen LogP contribution in [0.3, 0.4) is 0 Å².